The highest BCUT2D eigenvalue weighted by Gasteiger charge is 2.10. The van der Waals surface area contributed by atoms with Crippen molar-refractivity contribution in [3.63, 3.8) is 0 Å². The van der Waals surface area contributed by atoms with E-state index in [1.54, 1.807) is 25.1 Å². The Morgan fingerprint density at radius 3 is 2.48 bits per heavy atom. The number of unbranched alkanes of at least 4 members (excludes halogenated alkanes) is 3. The van der Waals surface area contributed by atoms with Crippen molar-refractivity contribution in [3.8, 4) is 5.75 Å². The van der Waals surface area contributed by atoms with E-state index in [2.05, 4.69) is 5.32 Å². The highest BCUT2D eigenvalue weighted by molar-refractivity contribution is 5.96. The van der Waals surface area contributed by atoms with Gasteiger partial charge in [0.25, 0.3) is 5.91 Å². The molecular formula is C16H23NO4. The average molecular weight is 293 g/mol. The van der Waals surface area contributed by atoms with Gasteiger partial charge < -0.3 is 15.5 Å². The summed E-state index contributed by atoms with van der Waals surface area (Å²) >= 11 is 0. The lowest BCUT2D eigenvalue weighted by molar-refractivity contribution is -0.141. The summed E-state index contributed by atoms with van der Waals surface area (Å²) in [5.41, 5.74) is 0.285. The van der Waals surface area contributed by atoms with Crippen LogP contribution in [-0.4, -0.2) is 28.6 Å². The third-order valence-corrected chi connectivity index (χ3v) is 3.42. The van der Waals surface area contributed by atoms with Crippen LogP contribution in [0.1, 0.15) is 49.4 Å². The van der Waals surface area contributed by atoms with E-state index in [9.17, 15) is 14.7 Å². The molecule has 0 fully saturated rings. The Hall–Kier alpha value is -2.04. The molecule has 0 heterocycles. The molecule has 0 aliphatic rings. The zero-order valence-electron chi connectivity index (χ0n) is 12.3. The van der Waals surface area contributed by atoms with Crippen molar-refractivity contribution in [1.82, 2.24) is 5.32 Å². The number of hydrogen-bond acceptors (Lipinski definition) is 3. The number of rotatable bonds is 9. The summed E-state index contributed by atoms with van der Waals surface area (Å²) in [4.78, 5) is 22.4. The number of carboxylic acids is 1. The third-order valence-electron chi connectivity index (χ3n) is 3.42. The van der Waals surface area contributed by atoms with Crippen LogP contribution in [0.5, 0.6) is 5.75 Å². The number of amides is 1. The molecule has 0 aliphatic carbocycles. The summed E-state index contributed by atoms with van der Waals surface area (Å²) in [5.74, 6) is -1.32. The molecule has 5 nitrogen and oxygen atoms in total. The third kappa shape index (κ3) is 6.29. The van der Waals surface area contributed by atoms with E-state index < -0.39 is 5.97 Å². The zero-order chi connectivity index (χ0) is 15.7. The first-order valence-corrected chi connectivity index (χ1v) is 7.31. The van der Waals surface area contributed by atoms with Crippen molar-refractivity contribution in [2.45, 2.75) is 39.0 Å². The van der Waals surface area contributed by atoms with Crippen molar-refractivity contribution in [1.29, 1.82) is 0 Å². The Bertz CT molecular complexity index is 473. The lowest BCUT2D eigenvalue weighted by atomic mass is 10.0. The first-order chi connectivity index (χ1) is 10.0. The highest BCUT2D eigenvalue weighted by atomic mass is 16.4. The van der Waals surface area contributed by atoms with Crippen molar-refractivity contribution >= 4 is 11.9 Å². The minimum atomic E-state index is -0.745. The van der Waals surface area contributed by atoms with Gasteiger partial charge in [0.15, 0.2) is 0 Å². The van der Waals surface area contributed by atoms with Gasteiger partial charge in [-0.2, -0.15) is 0 Å². The van der Waals surface area contributed by atoms with Gasteiger partial charge in [0.05, 0.1) is 11.5 Å². The van der Waals surface area contributed by atoms with Crippen LogP contribution < -0.4 is 5.32 Å². The molecule has 0 aromatic heterocycles. The smallest absolute Gasteiger partial charge is 0.306 e. The van der Waals surface area contributed by atoms with Gasteiger partial charge in [0, 0.05) is 6.54 Å². The van der Waals surface area contributed by atoms with E-state index in [0.717, 1.165) is 25.7 Å². The predicted octanol–water partition coefficient (Wildman–Crippen LogP) is 2.79. The molecule has 5 heteroatoms. The van der Waals surface area contributed by atoms with Crippen LogP contribution in [0.3, 0.4) is 0 Å². The minimum Gasteiger partial charge on any atom is -0.507 e. The molecule has 0 radical (unpaired) electrons. The van der Waals surface area contributed by atoms with Gasteiger partial charge in [-0.25, -0.2) is 0 Å². The number of aromatic hydroxyl groups is 1. The van der Waals surface area contributed by atoms with Crippen molar-refractivity contribution in [2.24, 2.45) is 5.92 Å². The normalized spacial score (nSPS) is 11.9. The Labute approximate surface area is 125 Å². The van der Waals surface area contributed by atoms with Crippen LogP contribution in [0, 0.1) is 5.92 Å². The molecule has 0 saturated carbocycles. The number of aliphatic carboxylic acids is 1. The number of phenols is 1. The lowest BCUT2D eigenvalue weighted by Gasteiger charge is -2.07. The molecule has 1 rings (SSSR count). The van der Waals surface area contributed by atoms with Crippen LogP contribution in [0.25, 0.3) is 0 Å². The topological polar surface area (TPSA) is 86.6 Å². The zero-order valence-corrected chi connectivity index (χ0v) is 12.3. The van der Waals surface area contributed by atoms with E-state index in [1.807, 2.05) is 0 Å². The van der Waals surface area contributed by atoms with Gasteiger partial charge in [-0.05, 0) is 25.0 Å². The number of phenolic OH excluding ortho intramolecular Hbond substituents is 1. The Balaban J connectivity index is 2.11. The number of carbonyl (C=O) groups excluding carboxylic acids is 1. The molecule has 1 unspecified atom stereocenters. The number of benzene rings is 1. The van der Waals surface area contributed by atoms with Gasteiger partial charge >= 0.3 is 5.97 Å². The second-order valence-electron chi connectivity index (χ2n) is 5.22. The second kappa shape index (κ2) is 9.00. The molecule has 0 saturated heterocycles. The minimum absolute atomic E-state index is 0.0161. The predicted molar refractivity (Wildman–Crippen MR) is 80.3 cm³/mol. The van der Waals surface area contributed by atoms with Gasteiger partial charge in [-0.3, -0.25) is 9.59 Å². The SMILES string of the molecule is CC(CCCCCCNC(=O)c1ccccc1O)C(=O)O. The number of carbonyl (C=O) groups is 2. The highest BCUT2D eigenvalue weighted by Crippen LogP contribution is 2.15. The fourth-order valence-corrected chi connectivity index (χ4v) is 2.02. The quantitative estimate of drug-likeness (QED) is 0.611. The summed E-state index contributed by atoms with van der Waals surface area (Å²) in [7, 11) is 0. The maximum absolute atomic E-state index is 11.8. The van der Waals surface area contributed by atoms with Crippen molar-refractivity contribution in [3.05, 3.63) is 29.8 Å². The Morgan fingerprint density at radius 2 is 1.81 bits per heavy atom. The molecule has 3 N–H and O–H groups in total. The van der Waals surface area contributed by atoms with Crippen molar-refractivity contribution < 1.29 is 19.8 Å². The Morgan fingerprint density at radius 1 is 1.14 bits per heavy atom. The molecule has 1 aromatic rings. The molecule has 0 bridgehead atoms. The van der Waals surface area contributed by atoms with Crippen LogP contribution in [0.4, 0.5) is 0 Å². The van der Waals surface area contributed by atoms with Gasteiger partial charge in [0.1, 0.15) is 5.75 Å². The van der Waals surface area contributed by atoms with Gasteiger partial charge in [-0.1, -0.05) is 38.3 Å². The number of hydrogen-bond donors (Lipinski definition) is 3. The van der Waals surface area contributed by atoms with Crippen LogP contribution in [0.2, 0.25) is 0 Å². The monoisotopic (exact) mass is 293 g/mol. The van der Waals surface area contributed by atoms with Crippen LogP contribution in [0.15, 0.2) is 24.3 Å². The van der Waals surface area contributed by atoms with E-state index in [-0.39, 0.29) is 23.1 Å². The fraction of sp³-hybridized carbons (Fsp3) is 0.500. The lowest BCUT2D eigenvalue weighted by Crippen LogP contribution is -2.24. The molecule has 0 spiro atoms. The van der Waals surface area contributed by atoms with E-state index >= 15 is 0 Å². The largest absolute Gasteiger partial charge is 0.507 e. The molecule has 21 heavy (non-hydrogen) atoms. The molecular weight excluding hydrogens is 270 g/mol. The van der Waals surface area contributed by atoms with Gasteiger partial charge in [-0.15, -0.1) is 0 Å². The van der Waals surface area contributed by atoms with Crippen LogP contribution >= 0.6 is 0 Å². The first-order valence-electron chi connectivity index (χ1n) is 7.31. The molecule has 1 atom stereocenters. The maximum atomic E-state index is 11.8. The summed E-state index contributed by atoms with van der Waals surface area (Å²) in [6.45, 7) is 2.27. The second-order valence-corrected chi connectivity index (χ2v) is 5.22. The molecule has 1 aromatic carbocycles. The van der Waals surface area contributed by atoms with Crippen LogP contribution in [-0.2, 0) is 4.79 Å². The van der Waals surface area contributed by atoms with E-state index in [0.29, 0.717) is 13.0 Å². The number of carboxylic acid groups (broad SMARTS) is 1. The Kier molecular flexibility index (Phi) is 7.29. The van der Waals surface area contributed by atoms with Crippen molar-refractivity contribution in [2.75, 3.05) is 6.54 Å². The summed E-state index contributed by atoms with van der Waals surface area (Å²) < 4.78 is 0. The first kappa shape index (κ1) is 17.0. The fourth-order valence-electron chi connectivity index (χ4n) is 2.02. The summed E-state index contributed by atoms with van der Waals surface area (Å²) in [6.07, 6.45) is 4.35. The average Bonchev–Trinajstić information content (AvgIpc) is 2.46. The molecule has 0 aliphatic heterocycles. The summed E-state index contributed by atoms with van der Waals surface area (Å²) in [6, 6.07) is 6.44. The van der Waals surface area contributed by atoms with Gasteiger partial charge in [0.2, 0.25) is 0 Å². The molecule has 116 valence electrons. The summed E-state index contributed by atoms with van der Waals surface area (Å²) in [5, 5.41) is 21.1. The van der Waals surface area contributed by atoms with E-state index in [1.165, 1.54) is 6.07 Å². The number of nitrogens with one attached hydrogen (secondary N) is 1. The standard InChI is InChI=1S/C16H23NO4/c1-12(16(20)21)8-4-2-3-7-11-17-15(19)13-9-5-6-10-14(13)18/h5-6,9-10,12,18H,2-4,7-8,11H2,1H3,(H,17,19)(H,20,21). The maximum Gasteiger partial charge on any atom is 0.306 e. The number of para-hydroxylation sites is 1. The molecule has 1 amide bonds. The van der Waals surface area contributed by atoms with E-state index in [4.69, 9.17) is 5.11 Å².